The molecule has 1 amide bonds. The van der Waals surface area contributed by atoms with Crippen LogP contribution in [0.2, 0.25) is 0 Å². The summed E-state index contributed by atoms with van der Waals surface area (Å²) in [5.41, 5.74) is 3.49. The van der Waals surface area contributed by atoms with Crippen molar-refractivity contribution in [1.29, 1.82) is 0 Å². The molecule has 0 saturated heterocycles. The highest BCUT2D eigenvalue weighted by Crippen LogP contribution is 2.19. The van der Waals surface area contributed by atoms with E-state index >= 15 is 0 Å². The molecule has 2 aromatic heterocycles. The summed E-state index contributed by atoms with van der Waals surface area (Å²) in [7, 11) is 0. The number of aromatic amines is 1. The lowest BCUT2D eigenvalue weighted by molar-refractivity contribution is -0.114. The summed E-state index contributed by atoms with van der Waals surface area (Å²) in [4.78, 5) is 14.1. The van der Waals surface area contributed by atoms with Gasteiger partial charge in [0.05, 0.1) is 5.69 Å². The Labute approximate surface area is 109 Å². The van der Waals surface area contributed by atoms with Crippen LogP contribution in [0, 0.1) is 6.92 Å². The van der Waals surface area contributed by atoms with Gasteiger partial charge in [0.2, 0.25) is 5.91 Å². The molecule has 6 heteroatoms. The smallest absolute Gasteiger partial charge is 0.221 e. The highest BCUT2D eigenvalue weighted by Gasteiger charge is 2.07. The number of aryl methyl sites for hydroxylation is 1. The van der Waals surface area contributed by atoms with Gasteiger partial charge in [-0.05, 0) is 31.2 Å². The summed E-state index contributed by atoms with van der Waals surface area (Å²) in [6.07, 6.45) is 0. The van der Waals surface area contributed by atoms with Gasteiger partial charge < -0.3 is 10.3 Å². The quantitative estimate of drug-likeness (QED) is 0.735. The predicted octanol–water partition coefficient (Wildman–Crippen LogP) is 1.99. The number of hydrogen-bond acceptors (Lipinski definition) is 3. The highest BCUT2D eigenvalue weighted by molar-refractivity contribution is 5.88. The maximum atomic E-state index is 10.9. The molecule has 0 spiro atoms. The Morgan fingerprint density at radius 1 is 1.26 bits per heavy atom. The van der Waals surface area contributed by atoms with E-state index in [1.165, 1.54) is 6.92 Å². The maximum absolute atomic E-state index is 10.9. The highest BCUT2D eigenvalue weighted by atomic mass is 16.1. The van der Waals surface area contributed by atoms with Gasteiger partial charge in [0, 0.05) is 24.2 Å². The molecule has 0 aliphatic carbocycles. The van der Waals surface area contributed by atoms with Gasteiger partial charge in [0.25, 0.3) is 0 Å². The third kappa shape index (κ3) is 2.20. The van der Waals surface area contributed by atoms with Crippen molar-refractivity contribution in [2.75, 3.05) is 5.32 Å². The number of aromatic nitrogens is 4. The van der Waals surface area contributed by atoms with Crippen LogP contribution in [0.3, 0.4) is 0 Å². The molecule has 0 aliphatic rings. The molecule has 0 aliphatic heterocycles. The van der Waals surface area contributed by atoms with Crippen LogP contribution in [0.4, 0.5) is 5.69 Å². The van der Waals surface area contributed by atoms with Crippen LogP contribution in [0.1, 0.15) is 12.6 Å². The first-order chi connectivity index (χ1) is 9.11. The topological polar surface area (TPSA) is 75.1 Å². The number of rotatable bonds is 2. The summed E-state index contributed by atoms with van der Waals surface area (Å²) >= 11 is 0. The van der Waals surface area contributed by atoms with Crippen molar-refractivity contribution < 1.29 is 4.79 Å². The van der Waals surface area contributed by atoms with E-state index in [1.807, 2.05) is 37.3 Å². The Bertz CT molecular complexity index is 707. The van der Waals surface area contributed by atoms with E-state index < -0.39 is 0 Å². The van der Waals surface area contributed by atoms with E-state index in [4.69, 9.17) is 0 Å². The van der Waals surface area contributed by atoms with Gasteiger partial charge in [-0.1, -0.05) is 0 Å². The first-order valence-corrected chi connectivity index (χ1v) is 5.92. The van der Waals surface area contributed by atoms with Crippen LogP contribution in [-0.2, 0) is 4.79 Å². The van der Waals surface area contributed by atoms with Crippen LogP contribution in [0.25, 0.3) is 17.0 Å². The van der Waals surface area contributed by atoms with Crippen molar-refractivity contribution >= 4 is 17.2 Å². The summed E-state index contributed by atoms with van der Waals surface area (Å²) in [6.45, 7) is 3.40. The fourth-order valence-electron chi connectivity index (χ4n) is 1.94. The zero-order chi connectivity index (χ0) is 13.4. The van der Waals surface area contributed by atoms with Crippen molar-refractivity contribution in [2.24, 2.45) is 0 Å². The van der Waals surface area contributed by atoms with Crippen molar-refractivity contribution in [3.63, 3.8) is 0 Å². The van der Waals surface area contributed by atoms with Gasteiger partial charge in [-0.25, -0.2) is 0 Å². The van der Waals surface area contributed by atoms with Crippen molar-refractivity contribution in [1.82, 2.24) is 19.8 Å². The van der Waals surface area contributed by atoms with Gasteiger partial charge in [-0.3, -0.25) is 4.79 Å². The SMILES string of the molecule is CC(=O)Nc1ccc(-c2nn3nc(C)cc3[nH]2)cc1. The fraction of sp³-hybridized carbons (Fsp3) is 0.154. The molecular formula is C13H13N5O. The van der Waals surface area contributed by atoms with E-state index in [0.29, 0.717) is 0 Å². The standard InChI is InChI=1S/C13H13N5O/c1-8-7-12-15-13(17-18(12)16-8)10-3-5-11(6-4-10)14-9(2)19/h3-7H,1-2H3,(H,14,19)(H,15,17). The molecule has 3 aromatic rings. The lowest BCUT2D eigenvalue weighted by Crippen LogP contribution is -2.05. The van der Waals surface area contributed by atoms with Gasteiger partial charge in [-0.15, -0.1) is 9.73 Å². The van der Waals surface area contributed by atoms with Crippen LogP contribution in [-0.4, -0.2) is 25.7 Å². The molecule has 19 heavy (non-hydrogen) atoms. The fourth-order valence-corrected chi connectivity index (χ4v) is 1.94. The monoisotopic (exact) mass is 255 g/mol. The summed E-state index contributed by atoms with van der Waals surface area (Å²) in [6, 6.07) is 9.41. The molecule has 3 rings (SSSR count). The number of amides is 1. The number of carbonyl (C=O) groups is 1. The number of hydrogen-bond donors (Lipinski definition) is 2. The number of nitrogens with zero attached hydrogens (tertiary/aromatic N) is 3. The summed E-state index contributed by atoms with van der Waals surface area (Å²) in [5.74, 6) is 0.663. The minimum absolute atomic E-state index is 0.0836. The van der Waals surface area contributed by atoms with Crippen LogP contribution < -0.4 is 5.32 Å². The zero-order valence-corrected chi connectivity index (χ0v) is 10.6. The number of carbonyl (C=O) groups excluding carboxylic acids is 1. The number of benzene rings is 1. The predicted molar refractivity (Wildman–Crippen MR) is 71.8 cm³/mol. The van der Waals surface area contributed by atoms with Crippen molar-refractivity contribution in [3.05, 3.63) is 36.0 Å². The molecule has 2 N–H and O–H groups in total. The number of nitrogens with one attached hydrogen (secondary N) is 2. The van der Waals surface area contributed by atoms with E-state index in [2.05, 4.69) is 20.5 Å². The van der Waals surface area contributed by atoms with Crippen LogP contribution >= 0.6 is 0 Å². The number of anilines is 1. The molecule has 6 nitrogen and oxygen atoms in total. The molecule has 2 heterocycles. The Morgan fingerprint density at radius 2 is 2.00 bits per heavy atom. The number of H-pyrrole nitrogens is 1. The molecule has 0 atom stereocenters. The second-order valence-electron chi connectivity index (χ2n) is 4.39. The Morgan fingerprint density at radius 3 is 2.63 bits per heavy atom. The van der Waals surface area contributed by atoms with E-state index in [-0.39, 0.29) is 5.91 Å². The number of fused-ring (bicyclic) bond motifs is 1. The largest absolute Gasteiger partial charge is 0.326 e. The van der Waals surface area contributed by atoms with E-state index in [1.54, 1.807) is 4.63 Å². The summed E-state index contributed by atoms with van der Waals surface area (Å²) in [5, 5.41) is 11.3. The minimum atomic E-state index is -0.0836. The molecule has 0 saturated carbocycles. The Kier molecular flexibility index (Phi) is 2.56. The van der Waals surface area contributed by atoms with Crippen molar-refractivity contribution in [3.8, 4) is 11.4 Å². The maximum Gasteiger partial charge on any atom is 0.221 e. The Balaban J connectivity index is 1.92. The molecule has 0 fully saturated rings. The van der Waals surface area contributed by atoms with Crippen LogP contribution in [0.15, 0.2) is 30.3 Å². The second-order valence-corrected chi connectivity index (χ2v) is 4.39. The Hall–Kier alpha value is -2.63. The molecule has 96 valence electrons. The molecule has 1 aromatic carbocycles. The van der Waals surface area contributed by atoms with Gasteiger partial charge in [0.1, 0.15) is 0 Å². The zero-order valence-electron chi connectivity index (χ0n) is 10.6. The van der Waals surface area contributed by atoms with Crippen LogP contribution in [0.5, 0.6) is 0 Å². The van der Waals surface area contributed by atoms with Gasteiger partial charge in [-0.2, -0.15) is 5.10 Å². The normalized spacial score (nSPS) is 10.8. The third-order valence-electron chi connectivity index (χ3n) is 2.73. The summed E-state index contributed by atoms with van der Waals surface area (Å²) < 4.78 is 1.58. The minimum Gasteiger partial charge on any atom is -0.326 e. The van der Waals surface area contributed by atoms with Crippen molar-refractivity contribution in [2.45, 2.75) is 13.8 Å². The van der Waals surface area contributed by atoms with E-state index in [9.17, 15) is 4.79 Å². The first-order valence-electron chi connectivity index (χ1n) is 5.92. The van der Waals surface area contributed by atoms with Gasteiger partial charge in [0.15, 0.2) is 11.5 Å². The molecule has 0 radical (unpaired) electrons. The van der Waals surface area contributed by atoms with Gasteiger partial charge >= 0.3 is 0 Å². The molecular weight excluding hydrogens is 242 g/mol. The first kappa shape index (κ1) is 11.5. The average Bonchev–Trinajstić information content (AvgIpc) is 2.86. The lowest BCUT2D eigenvalue weighted by atomic mass is 10.2. The molecule has 0 unspecified atom stereocenters. The lowest BCUT2D eigenvalue weighted by Gasteiger charge is -2.02. The molecule has 0 bridgehead atoms. The third-order valence-corrected chi connectivity index (χ3v) is 2.73. The average molecular weight is 255 g/mol. The van der Waals surface area contributed by atoms with E-state index in [0.717, 1.165) is 28.4 Å². The second kappa shape index (κ2) is 4.24.